The molecule has 2 N–H and O–H groups in total. The molecule has 110 valence electrons. The first-order valence-corrected chi connectivity index (χ1v) is 7.22. The minimum atomic E-state index is -0.133. The molecule has 2 unspecified atom stereocenters. The van der Waals surface area contributed by atoms with Gasteiger partial charge < -0.3 is 15.4 Å². The number of piperidine rings is 1. The van der Waals surface area contributed by atoms with E-state index in [0.717, 1.165) is 25.9 Å². The molecular weight excluding hydrogens is 252 g/mol. The molecule has 0 amide bonds. The summed E-state index contributed by atoms with van der Waals surface area (Å²) in [5, 5.41) is 0. The van der Waals surface area contributed by atoms with E-state index < -0.39 is 0 Å². The number of benzene rings is 1. The summed E-state index contributed by atoms with van der Waals surface area (Å²) < 4.78 is 4.71. The Labute approximate surface area is 120 Å². The molecular formula is C16H24N2O2. The molecule has 1 saturated heterocycles. The van der Waals surface area contributed by atoms with Crippen molar-refractivity contribution < 1.29 is 9.53 Å². The van der Waals surface area contributed by atoms with E-state index in [-0.39, 0.29) is 12.0 Å². The zero-order valence-electron chi connectivity index (χ0n) is 12.3. The number of anilines is 1. The summed E-state index contributed by atoms with van der Waals surface area (Å²) in [4.78, 5) is 13.6. The smallest absolute Gasteiger partial charge is 0.305 e. The molecule has 1 aliphatic heterocycles. The maximum Gasteiger partial charge on any atom is 0.305 e. The molecule has 0 aliphatic carbocycles. The van der Waals surface area contributed by atoms with Crippen LogP contribution in [-0.4, -0.2) is 32.2 Å². The number of nitrogens with two attached hydrogens (primary N) is 1. The van der Waals surface area contributed by atoms with Crippen LogP contribution in [0.5, 0.6) is 0 Å². The van der Waals surface area contributed by atoms with Crippen molar-refractivity contribution >= 4 is 11.7 Å². The number of carbonyl (C=O) groups excluding carboxylic acids is 1. The Morgan fingerprint density at radius 1 is 1.35 bits per heavy atom. The number of ether oxygens (including phenoxy) is 1. The topological polar surface area (TPSA) is 55.6 Å². The van der Waals surface area contributed by atoms with Gasteiger partial charge in [0.15, 0.2) is 0 Å². The van der Waals surface area contributed by atoms with Gasteiger partial charge in [0.1, 0.15) is 0 Å². The Bertz CT molecular complexity index is 444. The van der Waals surface area contributed by atoms with Gasteiger partial charge in [-0.05, 0) is 37.8 Å². The number of aryl methyl sites for hydroxylation is 1. The highest BCUT2D eigenvalue weighted by Gasteiger charge is 2.25. The fourth-order valence-electron chi connectivity index (χ4n) is 2.85. The van der Waals surface area contributed by atoms with E-state index >= 15 is 0 Å². The van der Waals surface area contributed by atoms with Crippen LogP contribution in [0.4, 0.5) is 5.69 Å². The van der Waals surface area contributed by atoms with Crippen LogP contribution in [0.25, 0.3) is 0 Å². The summed E-state index contributed by atoms with van der Waals surface area (Å²) in [6.45, 7) is 3.94. The van der Waals surface area contributed by atoms with E-state index in [2.05, 4.69) is 36.1 Å². The Hall–Kier alpha value is -1.55. The molecule has 2 rings (SSSR count). The van der Waals surface area contributed by atoms with Crippen molar-refractivity contribution in [1.29, 1.82) is 0 Å². The number of rotatable bonds is 4. The minimum absolute atomic E-state index is 0.133. The largest absolute Gasteiger partial charge is 0.469 e. The Balaban J connectivity index is 1.97. The summed E-state index contributed by atoms with van der Waals surface area (Å²) in [6, 6.07) is 8.71. The predicted molar refractivity (Wildman–Crippen MR) is 80.7 cm³/mol. The third-order valence-electron chi connectivity index (χ3n) is 3.95. The van der Waals surface area contributed by atoms with Gasteiger partial charge in [0.25, 0.3) is 0 Å². The van der Waals surface area contributed by atoms with Gasteiger partial charge >= 0.3 is 5.97 Å². The number of esters is 1. The molecule has 2 atom stereocenters. The molecule has 4 nitrogen and oxygen atoms in total. The summed E-state index contributed by atoms with van der Waals surface area (Å²) in [5.74, 6) is 0.324. The van der Waals surface area contributed by atoms with Gasteiger partial charge in [-0.15, -0.1) is 0 Å². The van der Waals surface area contributed by atoms with Crippen LogP contribution in [-0.2, 0) is 9.53 Å². The first kappa shape index (κ1) is 14.9. The van der Waals surface area contributed by atoms with Gasteiger partial charge in [-0.1, -0.05) is 17.7 Å². The summed E-state index contributed by atoms with van der Waals surface area (Å²) in [6.07, 6.45) is 2.32. The molecule has 0 spiro atoms. The van der Waals surface area contributed by atoms with Crippen molar-refractivity contribution in [3.63, 3.8) is 0 Å². The molecule has 1 aliphatic rings. The highest BCUT2D eigenvalue weighted by Crippen LogP contribution is 2.25. The van der Waals surface area contributed by atoms with Crippen LogP contribution in [0.2, 0.25) is 0 Å². The lowest BCUT2D eigenvalue weighted by molar-refractivity contribution is -0.140. The minimum Gasteiger partial charge on any atom is -0.469 e. The van der Waals surface area contributed by atoms with Crippen LogP contribution >= 0.6 is 0 Å². The number of nitrogens with zero attached hydrogens (tertiary/aromatic N) is 1. The average Bonchev–Trinajstić information content (AvgIpc) is 2.45. The van der Waals surface area contributed by atoms with Crippen LogP contribution in [0.3, 0.4) is 0 Å². The van der Waals surface area contributed by atoms with Gasteiger partial charge in [0.2, 0.25) is 0 Å². The first-order valence-electron chi connectivity index (χ1n) is 7.22. The number of carbonyl (C=O) groups is 1. The van der Waals surface area contributed by atoms with Crippen LogP contribution in [0, 0.1) is 12.8 Å². The molecule has 4 heteroatoms. The standard InChI is InChI=1S/C16H24N2O2/c1-12-3-6-15(7-4-12)18-10-13(9-14(17)11-18)5-8-16(19)20-2/h3-4,6-7,13-14H,5,8-11,17H2,1-2H3. The lowest BCUT2D eigenvalue weighted by atomic mass is 9.90. The normalized spacial score (nSPS) is 22.6. The third kappa shape index (κ3) is 3.97. The van der Waals surface area contributed by atoms with Crippen molar-refractivity contribution in [2.24, 2.45) is 11.7 Å². The molecule has 0 aromatic heterocycles. The first-order chi connectivity index (χ1) is 9.58. The van der Waals surface area contributed by atoms with Crippen LogP contribution in [0.1, 0.15) is 24.8 Å². The molecule has 1 heterocycles. The molecule has 0 saturated carbocycles. The zero-order chi connectivity index (χ0) is 14.5. The van der Waals surface area contributed by atoms with Crippen LogP contribution in [0.15, 0.2) is 24.3 Å². The fourth-order valence-corrected chi connectivity index (χ4v) is 2.85. The maximum absolute atomic E-state index is 11.3. The van der Waals surface area contributed by atoms with Crippen molar-refractivity contribution in [1.82, 2.24) is 0 Å². The monoisotopic (exact) mass is 276 g/mol. The molecule has 0 bridgehead atoms. The van der Waals surface area contributed by atoms with Crippen molar-refractivity contribution in [2.45, 2.75) is 32.2 Å². The van der Waals surface area contributed by atoms with E-state index in [1.54, 1.807) is 0 Å². The van der Waals surface area contributed by atoms with E-state index in [1.807, 2.05) is 0 Å². The summed E-state index contributed by atoms with van der Waals surface area (Å²) in [5.41, 5.74) is 8.64. The molecule has 0 radical (unpaired) electrons. The van der Waals surface area contributed by atoms with Crippen molar-refractivity contribution in [3.8, 4) is 0 Å². The van der Waals surface area contributed by atoms with Gasteiger partial charge in [-0.25, -0.2) is 0 Å². The summed E-state index contributed by atoms with van der Waals surface area (Å²) in [7, 11) is 1.44. The Morgan fingerprint density at radius 2 is 2.05 bits per heavy atom. The van der Waals surface area contributed by atoms with E-state index in [1.165, 1.54) is 18.4 Å². The Morgan fingerprint density at radius 3 is 2.70 bits per heavy atom. The quantitative estimate of drug-likeness (QED) is 0.856. The Kier molecular flexibility index (Phi) is 5.01. The average molecular weight is 276 g/mol. The second kappa shape index (κ2) is 6.75. The van der Waals surface area contributed by atoms with Gasteiger partial charge in [-0.3, -0.25) is 4.79 Å². The zero-order valence-corrected chi connectivity index (χ0v) is 12.3. The van der Waals surface area contributed by atoms with Crippen LogP contribution < -0.4 is 10.6 Å². The molecule has 1 fully saturated rings. The molecule has 1 aromatic carbocycles. The number of hydrogen-bond acceptors (Lipinski definition) is 4. The van der Waals surface area contributed by atoms with Gasteiger partial charge in [0, 0.05) is 31.2 Å². The predicted octanol–water partition coefficient (Wildman–Crippen LogP) is 2.10. The van der Waals surface area contributed by atoms with Crippen molar-refractivity contribution in [2.75, 3.05) is 25.1 Å². The second-order valence-electron chi connectivity index (χ2n) is 5.72. The molecule has 20 heavy (non-hydrogen) atoms. The van der Waals surface area contributed by atoms with Crippen molar-refractivity contribution in [3.05, 3.63) is 29.8 Å². The number of hydrogen-bond donors (Lipinski definition) is 1. The highest BCUT2D eigenvalue weighted by atomic mass is 16.5. The summed E-state index contributed by atoms with van der Waals surface area (Å²) >= 11 is 0. The third-order valence-corrected chi connectivity index (χ3v) is 3.95. The lowest BCUT2D eigenvalue weighted by Gasteiger charge is -2.38. The van der Waals surface area contributed by atoms with E-state index in [4.69, 9.17) is 10.5 Å². The van der Waals surface area contributed by atoms with Gasteiger partial charge in [0.05, 0.1) is 7.11 Å². The SMILES string of the molecule is COC(=O)CCC1CC(N)CN(c2ccc(C)cc2)C1. The number of methoxy groups -OCH3 is 1. The lowest BCUT2D eigenvalue weighted by Crippen LogP contribution is -2.47. The maximum atomic E-state index is 11.3. The molecule has 1 aromatic rings. The van der Waals surface area contributed by atoms with Gasteiger partial charge in [-0.2, -0.15) is 0 Å². The second-order valence-corrected chi connectivity index (χ2v) is 5.72. The van der Waals surface area contributed by atoms with E-state index in [0.29, 0.717) is 12.3 Å². The fraction of sp³-hybridized carbons (Fsp3) is 0.562. The highest BCUT2D eigenvalue weighted by molar-refractivity contribution is 5.69. The van der Waals surface area contributed by atoms with E-state index in [9.17, 15) is 4.79 Å².